The lowest BCUT2D eigenvalue weighted by atomic mass is 10.2. The largest absolute Gasteiger partial charge is 0.332 e. The number of hydrogen-bond acceptors (Lipinski definition) is 5. The van der Waals surface area contributed by atoms with E-state index in [1.807, 2.05) is 0 Å². The van der Waals surface area contributed by atoms with Gasteiger partial charge in [-0.05, 0) is 18.9 Å². The first-order valence-electron chi connectivity index (χ1n) is 8.85. The van der Waals surface area contributed by atoms with Crippen LogP contribution in [0.15, 0.2) is 39.0 Å². The molecule has 0 atom stereocenters. The van der Waals surface area contributed by atoms with Gasteiger partial charge in [-0.2, -0.15) is 5.26 Å². The van der Waals surface area contributed by atoms with E-state index in [1.165, 1.54) is 29.4 Å². The molecule has 146 valence electrons. The number of aromatic nitrogens is 4. The minimum atomic E-state index is -0.460. The number of thioether (sulfide) groups is 1. The van der Waals surface area contributed by atoms with Gasteiger partial charge in [0, 0.05) is 31.8 Å². The Hall–Kier alpha value is -2.86. The number of nitrogens with zero attached hydrogens (tertiary/aromatic N) is 5. The molecule has 0 N–H and O–H groups in total. The van der Waals surface area contributed by atoms with Gasteiger partial charge in [0.2, 0.25) is 0 Å². The molecule has 1 aromatic carbocycles. The van der Waals surface area contributed by atoms with Crippen LogP contribution in [0.1, 0.15) is 24.8 Å². The number of unbranched alkanes of at least 4 members (excludes halogenated alkanes) is 2. The maximum Gasteiger partial charge on any atom is 0.332 e. The lowest BCUT2D eigenvalue weighted by molar-refractivity contribution is 0.593. The molecular weight excluding hydrogens is 381 g/mol. The number of nitriles is 1. The average Bonchev–Trinajstić information content (AvgIpc) is 3.05. The molecule has 0 bridgehead atoms. The van der Waals surface area contributed by atoms with E-state index in [0.717, 1.165) is 17.4 Å². The van der Waals surface area contributed by atoms with Crippen LogP contribution in [0.3, 0.4) is 0 Å². The molecule has 0 unspecified atom stereocenters. The van der Waals surface area contributed by atoms with Crippen molar-refractivity contribution in [2.75, 3.05) is 5.75 Å². The van der Waals surface area contributed by atoms with E-state index in [2.05, 4.69) is 11.1 Å². The fourth-order valence-electron chi connectivity index (χ4n) is 2.95. The molecule has 0 saturated heterocycles. The Bertz CT molecular complexity index is 1170. The van der Waals surface area contributed by atoms with E-state index in [9.17, 15) is 14.0 Å². The van der Waals surface area contributed by atoms with Crippen molar-refractivity contribution >= 4 is 22.9 Å². The zero-order chi connectivity index (χ0) is 20.3. The van der Waals surface area contributed by atoms with Crippen LogP contribution in [0.25, 0.3) is 11.2 Å². The molecule has 28 heavy (non-hydrogen) atoms. The fraction of sp³-hybridized carbons (Fsp3) is 0.368. The van der Waals surface area contributed by atoms with Gasteiger partial charge in [-0.3, -0.25) is 13.9 Å². The minimum absolute atomic E-state index is 0.136. The second kappa shape index (κ2) is 8.44. The Morgan fingerprint density at radius 1 is 1.18 bits per heavy atom. The highest BCUT2D eigenvalue weighted by atomic mass is 32.2. The van der Waals surface area contributed by atoms with Gasteiger partial charge in [0.1, 0.15) is 5.82 Å². The summed E-state index contributed by atoms with van der Waals surface area (Å²) >= 11 is 1.43. The molecule has 0 spiro atoms. The van der Waals surface area contributed by atoms with Crippen LogP contribution < -0.4 is 11.2 Å². The summed E-state index contributed by atoms with van der Waals surface area (Å²) in [6.07, 6.45) is 2.08. The summed E-state index contributed by atoms with van der Waals surface area (Å²) in [5.74, 6) is 0.340. The van der Waals surface area contributed by atoms with Gasteiger partial charge in [0.15, 0.2) is 16.3 Å². The number of halogens is 1. The Labute approximate surface area is 165 Å². The van der Waals surface area contributed by atoms with Crippen LogP contribution >= 0.6 is 11.8 Å². The van der Waals surface area contributed by atoms with Gasteiger partial charge in [-0.1, -0.05) is 30.0 Å². The van der Waals surface area contributed by atoms with E-state index < -0.39 is 11.2 Å². The number of benzene rings is 1. The lowest BCUT2D eigenvalue weighted by Gasteiger charge is -2.10. The summed E-state index contributed by atoms with van der Waals surface area (Å²) in [6, 6.07) is 8.49. The Morgan fingerprint density at radius 2 is 1.93 bits per heavy atom. The van der Waals surface area contributed by atoms with Crippen molar-refractivity contribution in [2.24, 2.45) is 14.1 Å². The minimum Gasteiger partial charge on any atom is -0.308 e. The number of fused-ring (bicyclic) bond motifs is 1. The summed E-state index contributed by atoms with van der Waals surface area (Å²) in [6.45, 7) is 0.136. The van der Waals surface area contributed by atoms with Gasteiger partial charge < -0.3 is 4.57 Å². The monoisotopic (exact) mass is 401 g/mol. The van der Waals surface area contributed by atoms with Crippen molar-refractivity contribution in [3.8, 4) is 6.07 Å². The first-order valence-corrected chi connectivity index (χ1v) is 9.83. The molecule has 7 nitrogen and oxygen atoms in total. The van der Waals surface area contributed by atoms with Crippen LogP contribution in [0.4, 0.5) is 4.39 Å². The van der Waals surface area contributed by atoms with Crippen molar-refractivity contribution in [2.45, 2.75) is 31.0 Å². The molecule has 0 saturated carbocycles. The maximum atomic E-state index is 14.2. The number of hydrogen-bond donors (Lipinski definition) is 0. The molecule has 0 aliphatic heterocycles. The van der Waals surface area contributed by atoms with Crippen LogP contribution in [0.5, 0.6) is 0 Å². The zero-order valence-corrected chi connectivity index (χ0v) is 16.5. The highest BCUT2D eigenvalue weighted by Crippen LogP contribution is 2.24. The average molecular weight is 401 g/mol. The van der Waals surface area contributed by atoms with Gasteiger partial charge in [0.25, 0.3) is 5.56 Å². The first-order chi connectivity index (χ1) is 13.5. The molecule has 2 heterocycles. The number of imidazole rings is 1. The smallest absolute Gasteiger partial charge is 0.308 e. The second-order valence-corrected chi connectivity index (χ2v) is 7.48. The standard InChI is InChI=1S/C19H20FN5O2S/c1-23-16-15(17(26)24(2)19(23)27)25(12-13-8-4-5-9-14(13)20)18(22-16)28-11-7-3-6-10-21/h4-5,8-9H,3,6-7,11-12H2,1-2H3. The quantitative estimate of drug-likeness (QED) is 0.448. The molecule has 0 radical (unpaired) electrons. The highest BCUT2D eigenvalue weighted by molar-refractivity contribution is 7.99. The molecule has 3 aromatic rings. The normalized spacial score (nSPS) is 11.1. The van der Waals surface area contributed by atoms with Crippen molar-refractivity contribution < 1.29 is 4.39 Å². The van der Waals surface area contributed by atoms with Crippen LogP contribution in [-0.2, 0) is 20.6 Å². The molecule has 0 amide bonds. The predicted molar refractivity (Wildman–Crippen MR) is 106 cm³/mol. The Morgan fingerprint density at radius 3 is 2.64 bits per heavy atom. The molecular formula is C19H20FN5O2S. The summed E-state index contributed by atoms with van der Waals surface area (Å²) in [5, 5.41) is 9.20. The third kappa shape index (κ3) is 3.73. The van der Waals surface area contributed by atoms with Crippen molar-refractivity contribution in [1.82, 2.24) is 18.7 Å². The van der Waals surface area contributed by atoms with E-state index >= 15 is 0 Å². The second-order valence-electron chi connectivity index (χ2n) is 6.41. The van der Waals surface area contributed by atoms with Crippen molar-refractivity contribution in [3.05, 3.63) is 56.5 Å². The highest BCUT2D eigenvalue weighted by Gasteiger charge is 2.20. The zero-order valence-electron chi connectivity index (χ0n) is 15.7. The predicted octanol–water partition coefficient (Wildman–Crippen LogP) is 2.41. The van der Waals surface area contributed by atoms with E-state index in [1.54, 1.807) is 29.8 Å². The SMILES string of the molecule is Cn1c(=O)c2c(nc(SCCCCC#N)n2Cc2ccccc2F)n(C)c1=O. The van der Waals surface area contributed by atoms with Crippen LogP contribution in [0, 0.1) is 17.1 Å². The molecule has 0 aliphatic carbocycles. The van der Waals surface area contributed by atoms with Crippen LogP contribution in [0.2, 0.25) is 0 Å². The van der Waals surface area contributed by atoms with Crippen molar-refractivity contribution in [1.29, 1.82) is 5.26 Å². The van der Waals surface area contributed by atoms with E-state index in [4.69, 9.17) is 5.26 Å². The Balaban J connectivity index is 2.10. The number of rotatable bonds is 7. The van der Waals surface area contributed by atoms with E-state index in [0.29, 0.717) is 22.9 Å². The summed E-state index contributed by atoms with van der Waals surface area (Å²) in [4.78, 5) is 29.5. The summed E-state index contributed by atoms with van der Waals surface area (Å²) in [5.41, 5.74) is 0.0669. The summed E-state index contributed by atoms with van der Waals surface area (Å²) in [7, 11) is 2.98. The third-order valence-electron chi connectivity index (χ3n) is 4.51. The van der Waals surface area contributed by atoms with Crippen LogP contribution in [-0.4, -0.2) is 24.4 Å². The Kier molecular flexibility index (Phi) is 5.99. The van der Waals surface area contributed by atoms with Gasteiger partial charge in [0.05, 0.1) is 12.6 Å². The molecule has 2 aromatic heterocycles. The molecule has 9 heteroatoms. The molecule has 0 aliphatic rings. The topological polar surface area (TPSA) is 85.6 Å². The number of aryl methyl sites for hydroxylation is 1. The third-order valence-corrected chi connectivity index (χ3v) is 5.58. The maximum absolute atomic E-state index is 14.2. The molecule has 3 rings (SSSR count). The van der Waals surface area contributed by atoms with Gasteiger partial charge >= 0.3 is 5.69 Å². The van der Waals surface area contributed by atoms with Gasteiger partial charge in [-0.25, -0.2) is 14.2 Å². The molecule has 0 fully saturated rings. The lowest BCUT2D eigenvalue weighted by Crippen LogP contribution is -2.37. The van der Waals surface area contributed by atoms with Crippen molar-refractivity contribution in [3.63, 3.8) is 0 Å². The first kappa shape index (κ1) is 19.9. The fourth-order valence-corrected chi connectivity index (χ4v) is 3.94. The summed E-state index contributed by atoms with van der Waals surface area (Å²) < 4.78 is 18.2. The van der Waals surface area contributed by atoms with E-state index in [-0.39, 0.29) is 23.5 Å². The van der Waals surface area contributed by atoms with Gasteiger partial charge in [-0.15, -0.1) is 0 Å².